The molecule has 96 valence electrons. The Balaban J connectivity index is 2.23. The van der Waals surface area contributed by atoms with E-state index in [-0.39, 0.29) is 17.2 Å². The van der Waals surface area contributed by atoms with E-state index in [9.17, 15) is 9.59 Å². The standard InChI is InChI=1S/C13H9IN2O3/c14-9-3-1-2-4-10(9)16-12(17)8-5-6-15-11(7-8)13(18)19/h1-7H,(H,16,17)(H,18,19). The SMILES string of the molecule is O=C(Nc1ccccc1I)c1ccnc(C(=O)O)c1. The van der Waals surface area contributed by atoms with Gasteiger partial charge in [-0.3, -0.25) is 4.79 Å². The van der Waals surface area contributed by atoms with E-state index in [0.29, 0.717) is 5.69 Å². The van der Waals surface area contributed by atoms with Crippen LogP contribution in [0.15, 0.2) is 42.6 Å². The molecule has 0 atom stereocenters. The van der Waals surface area contributed by atoms with Crippen LogP contribution >= 0.6 is 22.6 Å². The zero-order chi connectivity index (χ0) is 13.8. The average molecular weight is 368 g/mol. The van der Waals surface area contributed by atoms with Gasteiger partial charge in [-0.1, -0.05) is 12.1 Å². The first kappa shape index (κ1) is 13.5. The molecule has 0 spiro atoms. The number of carboxylic acid groups (broad SMARTS) is 1. The first-order valence-corrected chi connectivity index (χ1v) is 6.41. The fourth-order valence-electron chi connectivity index (χ4n) is 1.45. The highest BCUT2D eigenvalue weighted by Crippen LogP contribution is 2.18. The number of carbonyl (C=O) groups excluding carboxylic acids is 1. The number of carbonyl (C=O) groups is 2. The summed E-state index contributed by atoms with van der Waals surface area (Å²) in [4.78, 5) is 26.5. The van der Waals surface area contributed by atoms with Crippen molar-refractivity contribution in [1.82, 2.24) is 4.98 Å². The largest absolute Gasteiger partial charge is 0.477 e. The minimum Gasteiger partial charge on any atom is -0.477 e. The van der Waals surface area contributed by atoms with Gasteiger partial charge in [-0.2, -0.15) is 0 Å². The van der Waals surface area contributed by atoms with Crippen LogP contribution in [-0.4, -0.2) is 22.0 Å². The molecule has 1 heterocycles. The van der Waals surface area contributed by atoms with Crippen molar-refractivity contribution in [2.24, 2.45) is 0 Å². The fraction of sp³-hybridized carbons (Fsp3) is 0. The van der Waals surface area contributed by atoms with Crippen molar-refractivity contribution < 1.29 is 14.7 Å². The number of benzene rings is 1. The van der Waals surface area contributed by atoms with Gasteiger partial charge in [0.25, 0.3) is 5.91 Å². The number of hydrogen-bond acceptors (Lipinski definition) is 3. The van der Waals surface area contributed by atoms with E-state index >= 15 is 0 Å². The van der Waals surface area contributed by atoms with Crippen LogP contribution in [0.3, 0.4) is 0 Å². The zero-order valence-electron chi connectivity index (χ0n) is 9.63. The molecule has 5 nitrogen and oxygen atoms in total. The van der Waals surface area contributed by atoms with Crippen molar-refractivity contribution in [3.05, 3.63) is 57.4 Å². The number of rotatable bonds is 3. The van der Waals surface area contributed by atoms with Gasteiger partial charge in [-0.05, 0) is 46.9 Å². The number of aromatic carboxylic acids is 1. The van der Waals surface area contributed by atoms with Crippen LogP contribution < -0.4 is 5.32 Å². The van der Waals surface area contributed by atoms with Crippen molar-refractivity contribution in [3.8, 4) is 0 Å². The average Bonchev–Trinajstić information content (AvgIpc) is 2.41. The van der Waals surface area contributed by atoms with Gasteiger partial charge in [0.1, 0.15) is 5.69 Å². The molecule has 0 unspecified atom stereocenters. The van der Waals surface area contributed by atoms with Gasteiger partial charge < -0.3 is 10.4 Å². The molecule has 0 saturated heterocycles. The van der Waals surface area contributed by atoms with Gasteiger partial charge >= 0.3 is 5.97 Å². The highest BCUT2D eigenvalue weighted by Gasteiger charge is 2.11. The monoisotopic (exact) mass is 368 g/mol. The molecule has 1 amide bonds. The fourth-order valence-corrected chi connectivity index (χ4v) is 1.97. The van der Waals surface area contributed by atoms with Crippen LogP contribution in [0.2, 0.25) is 0 Å². The molecule has 0 aliphatic carbocycles. The lowest BCUT2D eigenvalue weighted by Crippen LogP contribution is -2.14. The molecule has 0 aliphatic rings. The van der Waals surface area contributed by atoms with Gasteiger partial charge in [0.15, 0.2) is 0 Å². The smallest absolute Gasteiger partial charge is 0.354 e. The first-order valence-electron chi connectivity index (χ1n) is 5.33. The second kappa shape index (κ2) is 5.79. The van der Waals surface area contributed by atoms with Crippen LogP contribution in [0.25, 0.3) is 0 Å². The third-order valence-corrected chi connectivity index (χ3v) is 3.30. The molecular formula is C13H9IN2O3. The normalized spacial score (nSPS) is 9.95. The minimum atomic E-state index is -1.16. The number of pyridine rings is 1. The van der Waals surface area contributed by atoms with Crippen molar-refractivity contribution in [2.45, 2.75) is 0 Å². The van der Waals surface area contributed by atoms with Gasteiger partial charge in [-0.15, -0.1) is 0 Å². The Hall–Kier alpha value is -1.96. The molecule has 0 saturated carbocycles. The highest BCUT2D eigenvalue weighted by molar-refractivity contribution is 14.1. The van der Waals surface area contributed by atoms with Crippen LogP contribution in [0.1, 0.15) is 20.8 Å². The maximum Gasteiger partial charge on any atom is 0.354 e. The van der Waals surface area contributed by atoms with Crippen LogP contribution in [-0.2, 0) is 0 Å². The Bertz CT molecular complexity index is 643. The number of aromatic nitrogens is 1. The number of para-hydroxylation sites is 1. The minimum absolute atomic E-state index is 0.157. The third kappa shape index (κ3) is 3.28. The van der Waals surface area contributed by atoms with Gasteiger partial charge in [0, 0.05) is 15.3 Å². The number of halogens is 1. The van der Waals surface area contributed by atoms with E-state index in [4.69, 9.17) is 5.11 Å². The quantitative estimate of drug-likeness (QED) is 0.817. The van der Waals surface area contributed by atoms with Crippen molar-refractivity contribution in [2.75, 3.05) is 5.32 Å². The Morgan fingerprint density at radius 3 is 2.63 bits per heavy atom. The Morgan fingerprint density at radius 2 is 1.95 bits per heavy atom. The number of carboxylic acids is 1. The summed E-state index contributed by atoms with van der Waals surface area (Å²) in [5.74, 6) is -1.53. The predicted octanol–water partition coefficient (Wildman–Crippen LogP) is 2.64. The zero-order valence-corrected chi connectivity index (χ0v) is 11.8. The Labute approximate surface area is 122 Å². The summed E-state index contributed by atoms with van der Waals surface area (Å²) in [6.45, 7) is 0. The van der Waals surface area contributed by atoms with E-state index in [1.54, 1.807) is 6.07 Å². The second-order valence-electron chi connectivity index (χ2n) is 3.67. The Kier molecular flexibility index (Phi) is 4.10. The maximum atomic E-state index is 12.0. The van der Waals surface area contributed by atoms with E-state index in [1.165, 1.54) is 18.3 Å². The molecule has 0 bridgehead atoms. The summed E-state index contributed by atoms with van der Waals surface area (Å²) in [6, 6.07) is 10.0. The van der Waals surface area contributed by atoms with Crippen LogP contribution in [0, 0.1) is 3.57 Å². The number of nitrogens with zero attached hydrogens (tertiary/aromatic N) is 1. The summed E-state index contributed by atoms with van der Waals surface area (Å²) in [5.41, 5.74) is 0.782. The number of anilines is 1. The molecule has 0 aliphatic heterocycles. The number of amides is 1. The van der Waals surface area contributed by atoms with Gasteiger partial charge in [0.05, 0.1) is 5.69 Å². The first-order chi connectivity index (χ1) is 9.08. The molecule has 0 fully saturated rings. The van der Waals surface area contributed by atoms with Gasteiger partial charge in [-0.25, -0.2) is 9.78 Å². The molecule has 0 radical (unpaired) electrons. The summed E-state index contributed by atoms with van der Waals surface area (Å²) in [7, 11) is 0. The molecule has 1 aromatic heterocycles. The van der Waals surface area contributed by atoms with E-state index in [2.05, 4.69) is 32.9 Å². The van der Waals surface area contributed by atoms with E-state index < -0.39 is 5.97 Å². The third-order valence-electron chi connectivity index (χ3n) is 2.36. The maximum absolute atomic E-state index is 12.0. The highest BCUT2D eigenvalue weighted by atomic mass is 127. The number of hydrogen-bond donors (Lipinski definition) is 2. The summed E-state index contributed by atoms with van der Waals surface area (Å²) in [5, 5.41) is 11.6. The topological polar surface area (TPSA) is 79.3 Å². The molecule has 19 heavy (non-hydrogen) atoms. The lowest BCUT2D eigenvalue weighted by Gasteiger charge is -2.07. The molecule has 1 aromatic carbocycles. The number of nitrogens with one attached hydrogen (secondary N) is 1. The lowest BCUT2D eigenvalue weighted by molar-refractivity contribution is 0.0690. The molecule has 2 rings (SSSR count). The summed E-state index contributed by atoms with van der Waals surface area (Å²) < 4.78 is 0.904. The molecule has 6 heteroatoms. The Morgan fingerprint density at radius 1 is 1.21 bits per heavy atom. The molecule has 2 aromatic rings. The van der Waals surface area contributed by atoms with Crippen molar-refractivity contribution >= 4 is 40.2 Å². The lowest BCUT2D eigenvalue weighted by atomic mass is 10.2. The second-order valence-corrected chi connectivity index (χ2v) is 4.83. The summed E-state index contributed by atoms with van der Waals surface area (Å²) in [6.07, 6.45) is 1.30. The van der Waals surface area contributed by atoms with E-state index in [0.717, 1.165) is 3.57 Å². The van der Waals surface area contributed by atoms with Gasteiger partial charge in [0.2, 0.25) is 0 Å². The predicted molar refractivity (Wildman–Crippen MR) is 78.3 cm³/mol. The van der Waals surface area contributed by atoms with E-state index in [1.807, 2.05) is 18.2 Å². The molecular weight excluding hydrogens is 359 g/mol. The van der Waals surface area contributed by atoms with Crippen LogP contribution in [0.4, 0.5) is 5.69 Å². The van der Waals surface area contributed by atoms with Crippen molar-refractivity contribution in [1.29, 1.82) is 0 Å². The summed E-state index contributed by atoms with van der Waals surface area (Å²) >= 11 is 2.11. The van der Waals surface area contributed by atoms with Crippen molar-refractivity contribution in [3.63, 3.8) is 0 Å². The molecule has 2 N–H and O–H groups in total. The van der Waals surface area contributed by atoms with Crippen LogP contribution in [0.5, 0.6) is 0 Å².